The van der Waals surface area contributed by atoms with Crippen LogP contribution >= 0.6 is 0 Å². The normalized spacial score (nSPS) is 14.9. The lowest BCUT2D eigenvalue weighted by Crippen LogP contribution is -1.88. The summed E-state index contributed by atoms with van der Waals surface area (Å²) in [6.07, 6.45) is 7.71. The quantitative estimate of drug-likeness (QED) is 0.528. The molecule has 0 radical (unpaired) electrons. The van der Waals surface area contributed by atoms with Crippen LogP contribution in [0.25, 0.3) is 16.7 Å². The van der Waals surface area contributed by atoms with Gasteiger partial charge in [-0.15, -0.1) is 0 Å². The monoisotopic (exact) mass is 216 g/mol. The van der Waals surface area contributed by atoms with Crippen molar-refractivity contribution in [2.45, 2.75) is 6.42 Å². The Kier molecular flexibility index (Phi) is 1.70. The number of benzene rings is 2. The van der Waals surface area contributed by atoms with Crippen molar-refractivity contribution < 1.29 is 0 Å². The highest BCUT2D eigenvalue weighted by atomic mass is 14.3. The number of rotatable bonds is 0. The lowest BCUT2D eigenvalue weighted by atomic mass is 9.98. The van der Waals surface area contributed by atoms with Crippen LogP contribution in [-0.2, 0) is 6.42 Å². The van der Waals surface area contributed by atoms with Gasteiger partial charge in [0.1, 0.15) is 0 Å². The Morgan fingerprint density at radius 2 is 1.59 bits per heavy atom. The van der Waals surface area contributed by atoms with Crippen molar-refractivity contribution in [3.8, 4) is 11.1 Å². The molecule has 0 aromatic heterocycles. The van der Waals surface area contributed by atoms with E-state index in [2.05, 4.69) is 60.7 Å². The summed E-state index contributed by atoms with van der Waals surface area (Å²) in [6.45, 7) is 0. The molecule has 4 rings (SSSR count). The summed E-state index contributed by atoms with van der Waals surface area (Å²) >= 11 is 0. The van der Waals surface area contributed by atoms with E-state index in [0.29, 0.717) is 0 Å². The zero-order chi connectivity index (χ0) is 11.2. The van der Waals surface area contributed by atoms with Gasteiger partial charge in [0, 0.05) is 0 Å². The van der Waals surface area contributed by atoms with Crippen LogP contribution in [0.4, 0.5) is 0 Å². The van der Waals surface area contributed by atoms with E-state index in [1.807, 2.05) is 0 Å². The first-order chi connectivity index (χ1) is 8.45. The van der Waals surface area contributed by atoms with E-state index in [1.54, 1.807) is 0 Å². The molecule has 80 valence electrons. The average Bonchev–Trinajstić information content (AvgIpc) is 2.56. The third-order valence-corrected chi connectivity index (χ3v) is 3.66. The minimum atomic E-state index is 1.04. The summed E-state index contributed by atoms with van der Waals surface area (Å²) in [5.41, 5.74) is 8.43. The second-order valence-electron chi connectivity index (χ2n) is 4.60. The Bertz CT molecular complexity index is 672. The Morgan fingerprint density at radius 1 is 0.765 bits per heavy atom. The largest absolute Gasteiger partial charge is 0.0801 e. The van der Waals surface area contributed by atoms with Crippen LogP contribution in [0.2, 0.25) is 0 Å². The Balaban J connectivity index is 2.18. The van der Waals surface area contributed by atoms with Gasteiger partial charge >= 0.3 is 0 Å². The highest BCUT2D eigenvalue weighted by molar-refractivity contribution is 6.02. The third-order valence-electron chi connectivity index (χ3n) is 3.66. The zero-order valence-electron chi connectivity index (χ0n) is 9.48. The third kappa shape index (κ3) is 1.13. The van der Waals surface area contributed by atoms with E-state index in [1.165, 1.54) is 33.4 Å². The van der Waals surface area contributed by atoms with Crippen molar-refractivity contribution in [3.05, 3.63) is 77.4 Å². The van der Waals surface area contributed by atoms with Crippen molar-refractivity contribution in [2.75, 3.05) is 0 Å². The van der Waals surface area contributed by atoms with Crippen molar-refractivity contribution in [2.24, 2.45) is 0 Å². The molecule has 0 atom stereocenters. The Morgan fingerprint density at radius 3 is 2.53 bits per heavy atom. The van der Waals surface area contributed by atoms with Gasteiger partial charge in [-0.2, -0.15) is 0 Å². The van der Waals surface area contributed by atoms with Gasteiger partial charge < -0.3 is 0 Å². The highest BCUT2D eigenvalue weighted by Gasteiger charge is 2.25. The van der Waals surface area contributed by atoms with Crippen molar-refractivity contribution in [1.29, 1.82) is 0 Å². The summed E-state index contributed by atoms with van der Waals surface area (Å²) in [5, 5.41) is 0. The van der Waals surface area contributed by atoms with Crippen LogP contribution in [0, 0.1) is 0 Å². The molecular weight excluding hydrogens is 204 g/mol. The first-order valence-corrected chi connectivity index (χ1v) is 6.04. The number of hydrogen-bond donors (Lipinski definition) is 0. The minimum Gasteiger partial charge on any atom is -0.0801 e. The average molecular weight is 216 g/mol. The first-order valence-electron chi connectivity index (χ1n) is 6.04. The summed E-state index contributed by atoms with van der Waals surface area (Å²) < 4.78 is 0. The maximum Gasteiger partial charge on any atom is -0.00637 e. The second-order valence-corrected chi connectivity index (χ2v) is 4.60. The van der Waals surface area contributed by atoms with Gasteiger partial charge in [-0.05, 0) is 39.8 Å². The summed E-state index contributed by atoms with van der Waals surface area (Å²) in [4.78, 5) is 0. The van der Waals surface area contributed by atoms with Crippen LogP contribution < -0.4 is 0 Å². The second kappa shape index (κ2) is 3.21. The molecule has 0 nitrogen and oxygen atoms in total. The minimum absolute atomic E-state index is 1.04. The lowest BCUT2D eigenvalue weighted by Gasteiger charge is -2.06. The topological polar surface area (TPSA) is 0 Å². The molecule has 0 heterocycles. The molecular formula is C17H12. The first kappa shape index (κ1) is 9.00. The molecule has 2 aliphatic rings. The number of allylic oxidation sites excluding steroid dienone is 3. The molecule has 2 aromatic rings. The highest BCUT2D eigenvalue weighted by Crippen LogP contribution is 2.46. The van der Waals surface area contributed by atoms with Crippen LogP contribution in [0.5, 0.6) is 0 Å². The van der Waals surface area contributed by atoms with Crippen LogP contribution in [-0.4, -0.2) is 0 Å². The molecule has 0 fully saturated rings. The fourth-order valence-electron chi connectivity index (χ4n) is 2.93. The van der Waals surface area contributed by atoms with Crippen LogP contribution in [0.3, 0.4) is 0 Å². The predicted molar refractivity (Wildman–Crippen MR) is 71.8 cm³/mol. The molecule has 0 N–H and O–H groups in total. The molecule has 2 aliphatic carbocycles. The zero-order valence-corrected chi connectivity index (χ0v) is 9.48. The van der Waals surface area contributed by atoms with Gasteiger partial charge in [0.2, 0.25) is 0 Å². The molecule has 0 amide bonds. The fraction of sp³-hybridized carbons (Fsp3) is 0.0588. The molecule has 0 saturated heterocycles. The van der Waals surface area contributed by atoms with Crippen molar-refractivity contribution >= 4 is 5.57 Å². The summed E-state index contributed by atoms with van der Waals surface area (Å²) in [6, 6.07) is 15.4. The number of hydrogen-bond acceptors (Lipinski definition) is 0. The molecule has 2 aromatic carbocycles. The lowest BCUT2D eigenvalue weighted by molar-refractivity contribution is 1.27. The van der Waals surface area contributed by atoms with Gasteiger partial charge in [-0.3, -0.25) is 0 Å². The maximum atomic E-state index is 2.25. The van der Waals surface area contributed by atoms with Gasteiger partial charge in [-0.1, -0.05) is 60.7 Å². The van der Waals surface area contributed by atoms with E-state index in [-0.39, 0.29) is 0 Å². The molecule has 0 saturated carbocycles. The Hall–Kier alpha value is -2.08. The molecule has 0 spiro atoms. The van der Waals surface area contributed by atoms with Gasteiger partial charge in [-0.25, -0.2) is 0 Å². The maximum absolute atomic E-state index is 2.25. The van der Waals surface area contributed by atoms with Gasteiger partial charge in [0.05, 0.1) is 0 Å². The van der Waals surface area contributed by atoms with E-state index in [4.69, 9.17) is 0 Å². The summed E-state index contributed by atoms with van der Waals surface area (Å²) in [7, 11) is 0. The van der Waals surface area contributed by atoms with Crippen molar-refractivity contribution in [3.63, 3.8) is 0 Å². The molecule has 0 unspecified atom stereocenters. The predicted octanol–water partition coefficient (Wildman–Crippen LogP) is 4.21. The molecule has 0 aliphatic heterocycles. The van der Waals surface area contributed by atoms with Crippen LogP contribution in [0.1, 0.15) is 16.7 Å². The van der Waals surface area contributed by atoms with E-state index >= 15 is 0 Å². The van der Waals surface area contributed by atoms with Gasteiger partial charge in [0.25, 0.3) is 0 Å². The molecule has 0 bridgehead atoms. The standard InChI is InChI=1S/C17H12/c1-2-10-15-13-8-3-4-9-14(13)16-11-5-7-12(6-1)17(15)16/h1-5,7-11H,6H2. The Labute approximate surface area is 101 Å². The SMILES string of the molecule is C1=CCc2cccc3c2C(=C1)c1ccccc1-3. The van der Waals surface area contributed by atoms with Crippen molar-refractivity contribution in [1.82, 2.24) is 0 Å². The molecule has 0 heteroatoms. The number of fused-ring (bicyclic) bond motifs is 3. The van der Waals surface area contributed by atoms with Gasteiger partial charge in [0.15, 0.2) is 0 Å². The van der Waals surface area contributed by atoms with Crippen LogP contribution in [0.15, 0.2) is 60.7 Å². The molecule has 17 heavy (non-hydrogen) atoms. The summed E-state index contributed by atoms with van der Waals surface area (Å²) in [5.74, 6) is 0. The smallest absolute Gasteiger partial charge is 0.00637 e. The van der Waals surface area contributed by atoms with E-state index < -0.39 is 0 Å². The fourth-order valence-corrected chi connectivity index (χ4v) is 2.93. The van der Waals surface area contributed by atoms with E-state index in [9.17, 15) is 0 Å². The van der Waals surface area contributed by atoms with E-state index in [0.717, 1.165) is 6.42 Å².